The van der Waals surface area contributed by atoms with E-state index in [0.29, 0.717) is 0 Å². The average Bonchev–Trinajstić information content (AvgIpc) is 2.15. The Kier molecular flexibility index (Phi) is 3.30. The Morgan fingerprint density at radius 3 is 2.19 bits per heavy atom. The Morgan fingerprint density at radius 2 is 1.81 bits per heavy atom. The first kappa shape index (κ1) is 12.6. The first-order valence-electron chi connectivity index (χ1n) is 4.54. The van der Waals surface area contributed by atoms with Crippen molar-refractivity contribution in [1.29, 1.82) is 0 Å². The van der Waals surface area contributed by atoms with Gasteiger partial charge >= 0.3 is 18.2 Å². The van der Waals surface area contributed by atoms with Crippen LogP contribution in [0.1, 0.15) is 12.8 Å². The van der Waals surface area contributed by atoms with Crippen LogP contribution in [0.2, 0.25) is 0 Å². The van der Waals surface area contributed by atoms with Crippen molar-refractivity contribution in [2.24, 2.45) is 5.92 Å². The van der Waals surface area contributed by atoms with Gasteiger partial charge in [0.2, 0.25) is 0 Å². The predicted molar refractivity (Wildman–Crippen MR) is 44.9 cm³/mol. The zero-order chi connectivity index (χ0) is 12.5. The summed E-state index contributed by atoms with van der Waals surface area (Å²) in [6.07, 6.45) is -6.64. The average molecular weight is 241 g/mol. The number of nitrogens with zero attached hydrogens (tertiary/aromatic N) is 1. The molecule has 2 unspecified atom stereocenters. The molecule has 0 aromatic heterocycles. The molecule has 1 aliphatic heterocycles. The zero-order valence-corrected chi connectivity index (χ0v) is 8.07. The molecule has 0 bridgehead atoms. The summed E-state index contributed by atoms with van der Waals surface area (Å²) in [5.74, 6) is -3.34. The van der Waals surface area contributed by atoms with Crippen LogP contribution in [0, 0.1) is 5.92 Å². The van der Waals surface area contributed by atoms with Crippen molar-refractivity contribution in [3.05, 3.63) is 0 Å². The van der Waals surface area contributed by atoms with Crippen LogP contribution in [0.15, 0.2) is 0 Å². The molecule has 8 heteroatoms. The van der Waals surface area contributed by atoms with Crippen molar-refractivity contribution >= 4 is 12.1 Å². The van der Waals surface area contributed by atoms with Gasteiger partial charge in [0.15, 0.2) is 0 Å². The molecule has 0 saturated carbocycles. The highest BCUT2D eigenvalue weighted by molar-refractivity contribution is 5.73. The highest BCUT2D eigenvalue weighted by Gasteiger charge is 2.54. The summed E-state index contributed by atoms with van der Waals surface area (Å²) in [6, 6.07) is -2.45. The molecule has 1 saturated heterocycles. The van der Waals surface area contributed by atoms with Gasteiger partial charge in [0.05, 0.1) is 5.92 Å². The molecule has 0 aliphatic carbocycles. The highest BCUT2D eigenvalue weighted by Crippen LogP contribution is 2.35. The van der Waals surface area contributed by atoms with Gasteiger partial charge in [-0.2, -0.15) is 13.2 Å². The predicted octanol–water partition coefficient (Wildman–Crippen LogP) is 1.39. The van der Waals surface area contributed by atoms with Gasteiger partial charge in [0, 0.05) is 6.54 Å². The number of carboxylic acid groups (broad SMARTS) is 2. The minimum Gasteiger partial charge on any atom is -0.481 e. The largest absolute Gasteiger partial charge is 0.481 e. The number of hydrogen-bond donors (Lipinski definition) is 2. The minimum atomic E-state index is -4.86. The third-order valence-corrected chi connectivity index (χ3v) is 2.53. The lowest BCUT2D eigenvalue weighted by Crippen LogP contribution is -2.57. The Bertz CT molecular complexity index is 282. The Labute approximate surface area is 88.5 Å². The van der Waals surface area contributed by atoms with E-state index in [0.717, 1.165) is 0 Å². The van der Waals surface area contributed by atoms with Gasteiger partial charge < -0.3 is 10.2 Å². The number of carboxylic acids is 1. The molecular formula is C8H10F3NO4. The molecule has 16 heavy (non-hydrogen) atoms. The maximum absolute atomic E-state index is 12.6. The molecule has 0 spiro atoms. The number of amides is 1. The van der Waals surface area contributed by atoms with Gasteiger partial charge in [-0.1, -0.05) is 0 Å². The summed E-state index contributed by atoms with van der Waals surface area (Å²) in [6.45, 7) is -0.288. The Hall–Kier alpha value is -1.47. The number of piperidine rings is 1. The van der Waals surface area contributed by atoms with Crippen LogP contribution in [-0.2, 0) is 4.79 Å². The van der Waals surface area contributed by atoms with Gasteiger partial charge in [-0.15, -0.1) is 0 Å². The number of aliphatic carboxylic acids is 1. The monoisotopic (exact) mass is 241 g/mol. The molecule has 5 nitrogen and oxygen atoms in total. The van der Waals surface area contributed by atoms with Crippen molar-refractivity contribution in [1.82, 2.24) is 4.90 Å². The Balaban J connectivity index is 3.03. The van der Waals surface area contributed by atoms with Crippen molar-refractivity contribution in [3.8, 4) is 0 Å². The smallest absolute Gasteiger partial charge is 0.409 e. The SMILES string of the molecule is O=C(O)C1CCCN(C(=O)O)C1C(F)(F)F. The summed E-state index contributed by atoms with van der Waals surface area (Å²) < 4.78 is 37.8. The van der Waals surface area contributed by atoms with Crippen LogP contribution in [0.3, 0.4) is 0 Å². The number of halogens is 3. The number of likely N-dealkylation sites (tertiary alicyclic amines) is 1. The molecular weight excluding hydrogens is 231 g/mol. The Morgan fingerprint density at radius 1 is 1.25 bits per heavy atom. The first-order chi connectivity index (χ1) is 7.25. The molecule has 0 radical (unpaired) electrons. The van der Waals surface area contributed by atoms with Crippen LogP contribution in [0.5, 0.6) is 0 Å². The van der Waals surface area contributed by atoms with Gasteiger partial charge in [-0.3, -0.25) is 9.69 Å². The van der Waals surface area contributed by atoms with Gasteiger partial charge in [0.25, 0.3) is 0 Å². The van der Waals surface area contributed by atoms with E-state index in [2.05, 4.69) is 0 Å². The van der Waals surface area contributed by atoms with E-state index in [1.54, 1.807) is 0 Å². The summed E-state index contributed by atoms with van der Waals surface area (Å²) in [5.41, 5.74) is 0. The lowest BCUT2D eigenvalue weighted by atomic mass is 9.89. The van der Waals surface area contributed by atoms with Crippen molar-refractivity contribution in [2.75, 3.05) is 6.54 Å². The molecule has 1 aliphatic rings. The lowest BCUT2D eigenvalue weighted by Gasteiger charge is -2.38. The first-order valence-corrected chi connectivity index (χ1v) is 4.54. The number of hydrogen-bond acceptors (Lipinski definition) is 2. The summed E-state index contributed by atoms with van der Waals surface area (Å²) in [4.78, 5) is 21.4. The molecule has 0 aromatic rings. The van der Waals surface area contributed by atoms with Crippen LogP contribution in [0.25, 0.3) is 0 Å². The molecule has 1 amide bonds. The lowest BCUT2D eigenvalue weighted by molar-refractivity contribution is -0.204. The molecule has 1 fully saturated rings. The fraction of sp³-hybridized carbons (Fsp3) is 0.750. The van der Waals surface area contributed by atoms with Crippen LogP contribution in [0.4, 0.5) is 18.0 Å². The van der Waals surface area contributed by atoms with E-state index >= 15 is 0 Å². The summed E-state index contributed by atoms with van der Waals surface area (Å²) in [5, 5.41) is 17.3. The number of alkyl halides is 3. The van der Waals surface area contributed by atoms with E-state index in [1.807, 2.05) is 0 Å². The third kappa shape index (κ3) is 2.37. The zero-order valence-electron chi connectivity index (χ0n) is 8.07. The summed E-state index contributed by atoms with van der Waals surface area (Å²) >= 11 is 0. The third-order valence-electron chi connectivity index (χ3n) is 2.53. The maximum Gasteiger partial charge on any atom is 0.409 e. The normalized spacial score (nSPS) is 26.6. The van der Waals surface area contributed by atoms with Crippen LogP contribution >= 0.6 is 0 Å². The van der Waals surface area contributed by atoms with E-state index in [9.17, 15) is 22.8 Å². The van der Waals surface area contributed by atoms with E-state index < -0.39 is 30.2 Å². The fourth-order valence-corrected chi connectivity index (χ4v) is 1.87. The minimum absolute atomic E-state index is 0.121. The van der Waals surface area contributed by atoms with Gasteiger partial charge in [-0.25, -0.2) is 4.79 Å². The topological polar surface area (TPSA) is 77.8 Å². The standard InChI is InChI=1S/C8H10F3NO4/c9-8(10,11)5-4(6(13)14)2-1-3-12(5)7(15)16/h4-5H,1-3H2,(H,13,14)(H,15,16). The molecule has 1 heterocycles. The van der Waals surface area contributed by atoms with Crippen LogP contribution in [-0.4, -0.2) is 45.9 Å². The molecule has 0 aromatic carbocycles. The highest BCUT2D eigenvalue weighted by atomic mass is 19.4. The van der Waals surface area contributed by atoms with Gasteiger partial charge in [-0.05, 0) is 12.8 Å². The van der Waals surface area contributed by atoms with Gasteiger partial charge in [0.1, 0.15) is 6.04 Å². The fourth-order valence-electron chi connectivity index (χ4n) is 1.87. The van der Waals surface area contributed by atoms with E-state index in [1.165, 1.54) is 0 Å². The second-order valence-corrected chi connectivity index (χ2v) is 3.55. The molecule has 92 valence electrons. The van der Waals surface area contributed by atoms with Crippen LogP contribution < -0.4 is 0 Å². The van der Waals surface area contributed by atoms with Crippen molar-refractivity contribution < 1.29 is 33.0 Å². The second kappa shape index (κ2) is 4.18. The second-order valence-electron chi connectivity index (χ2n) is 3.55. The maximum atomic E-state index is 12.6. The van der Waals surface area contributed by atoms with Crippen molar-refractivity contribution in [2.45, 2.75) is 25.1 Å². The summed E-state index contributed by atoms with van der Waals surface area (Å²) in [7, 11) is 0. The quantitative estimate of drug-likeness (QED) is 0.727. The number of carbonyl (C=O) groups is 2. The van der Waals surface area contributed by atoms with Crippen molar-refractivity contribution in [3.63, 3.8) is 0 Å². The molecule has 2 N–H and O–H groups in total. The molecule has 1 rings (SSSR count). The number of rotatable bonds is 1. The van der Waals surface area contributed by atoms with E-state index in [4.69, 9.17) is 10.2 Å². The molecule has 2 atom stereocenters. The van der Waals surface area contributed by atoms with E-state index in [-0.39, 0.29) is 24.3 Å².